The van der Waals surface area contributed by atoms with Gasteiger partial charge in [0.1, 0.15) is 4.88 Å². The van der Waals surface area contributed by atoms with Gasteiger partial charge in [-0.25, -0.2) is 4.98 Å². The van der Waals surface area contributed by atoms with Crippen LogP contribution in [0.15, 0.2) is 48.5 Å². The first-order valence-corrected chi connectivity index (χ1v) is 8.20. The number of rotatable bonds is 2. The fourth-order valence-electron chi connectivity index (χ4n) is 2.77. The Hall–Kier alpha value is -2.66. The second-order valence-electron chi connectivity index (χ2n) is 5.50. The van der Waals surface area contributed by atoms with Crippen molar-refractivity contribution in [2.75, 3.05) is 5.32 Å². The normalized spacial score (nSPS) is 11.2. The summed E-state index contributed by atoms with van der Waals surface area (Å²) in [5, 5.41) is 3.00. The summed E-state index contributed by atoms with van der Waals surface area (Å²) in [7, 11) is 0. The molecular formula is C18H15N3OS. The number of nitrogens with zero attached hydrogens (tertiary/aromatic N) is 2. The summed E-state index contributed by atoms with van der Waals surface area (Å²) in [6, 6.07) is 15.8. The van der Waals surface area contributed by atoms with Gasteiger partial charge in [-0.2, -0.15) is 0 Å². The molecule has 0 atom stereocenters. The Balaban J connectivity index is 1.78. The molecule has 2 aromatic heterocycles. The summed E-state index contributed by atoms with van der Waals surface area (Å²) in [6.45, 7) is 3.95. The average molecular weight is 321 g/mol. The van der Waals surface area contributed by atoms with Crippen molar-refractivity contribution in [3.05, 3.63) is 64.7 Å². The molecule has 4 nitrogen and oxygen atoms in total. The van der Waals surface area contributed by atoms with Crippen LogP contribution in [0.3, 0.4) is 0 Å². The molecule has 0 radical (unpaired) electrons. The third-order valence-electron chi connectivity index (χ3n) is 3.99. The second kappa shape index (κ2) is 5.21. The SMILES string of the molecule is Cc1ccccc1NC(=O)c1sc2nc3ccccc3n2c1C. The van der Waals surface area contributed by atoms with E-state index >= 15 is 0 Å². The summed E-state index contributed by atoms with van der Waals surface area (Å²) in [5.74, 6) is -0.0867. The number of carbonyl (C=O) groups is 1. The molecule has 2 aromatic carbocycles. The molecule has 0 aliphatic carbocycles. The van der Waals surface area contributed by atoms with Crippen LogP contribution in [0.5, 0.6) is 0 Å². The molecule has 114 valence electrons. The van der Waals surface area contributed by atoms with E-state index in [1.165, 1.54) is 11.3 Å². The predicted octanol–water partition coefficient (Wildman–Crippen LogP) is 4.42. The maximum atomic E-state index is 12.6. The first-order valence-electron chi connectivity index (χ1n) is 7.39. The quantitative estimate of drug-likeness (QED) is 0.594. The van der Waals surface area contributed by atoms with Crippen molar-refractivity contribution >= 4 is 38.9 Å². The second-order valence-corrected chi connectivity index (χ2v) is 6.48. The van der Waals surface area contributed by atoms with Crippen LogP contribution in [0, 0.1) is 13.8 Å². The van der Waals surface area contributed by atoms with Crippen LogP contribution in [-0.2, 0) is 0 Å². The minimum Gasteiger partial charge on any atom is -0.321 e. The van der Waals surface area contributed by atoms with Crippen molar-refractivity contribution < 1.29 is 4.79 Å². The lowest BCUT2D eigenvalue weighted by molar-refractivity contribution is 0.102. The lowest BCUT2D eigenvalue weighted by atomic mass is 10.2. The molecule has 23 heavy (non-hydrogen) atoms. The number of carbonyl (C=O) groups excluding carboxylic acids is 1. The van der Waals surface area contributed by atoms with Crippen LogP contribution in [0.4, 0.5) is 5.69 Å². The number of imidazole rings is 1. The highest BCUT2D eigenvalue weighted by Crippen LogP contribution is 2.28. The molecule has 0 spiro atoms. The van der Waals surface area contributed by atoms with Crippen LogP contribution in [0.25, 0.3) is 16.0 Å². The molecule has 0 aliphatic heterocycles. The van der Waals surface area contributed by atoms with Gasteiger partial charge < -0.3 is 5.32 Å². The zero-order valence-corrected chi connectivity index (χ0v) is 13.6. The van der Waals surface area contributed by atoms with Crippen molar-refractivity contribution in [2.45, 2.75) is 13.8 Å². The lowest BCUT2D eigenvalue weighted by Gasteiger charge is -2.07. The van der Waals surface area contributed by atoms with E-state index in [4.69, 9.17) is 0 Å². The van der Waals surface area contributed by atoms with Gasteiger partial charge in [-0.05, 0) is 37.6 Å². The van der Waals surface area contributed by atoms with Crippen molar-refractivity contribution in [3.8, 4) is 0 Å². The Morgan fingerprint density at radius 1 is 1.09 bits per heavy atom. The van der Waals surface area contributed by atoms with Gasteiger partial charge in [0.05, 0.1) is 11.0 Å². The molecule has 2 heterocycles. The topological polar surface area (TPSA) is 46.4 Å². The maximum Gasteiger partial charge on any atom is 0.267 e. The van der Waals surface area contributed by atoms with Gasteiger partial charge >= 0.3 is 0 Å². The highest BCUT2D eigenvalue weighted by molar-refractivity contribution is 7.19. The molecule has 4 aromatic rings. The first-order chi connectivity index (χ1) is 11.1. The fourth-order valence-corrected chi connectivity index (χ4v) is 3.80. The van der Waals surface area contributed by atoms with Gasteiger partial charge in [-0.15, -0.1) is 0 Å². The Kier molecular flexibility index (Phi) is 3.16. The maximum absolute atomic E-state index is 12.6. The lowest BCUT2D eigenvalue weighted by Crippen LogP contribution is -2.12. The van der Waals surface area contributed by atoms with E-state index < -0.39 is 0 Å². The molecule has 0 saturated heterocycles. The molecule has 0 saturated carbocycles. The number of para-hydroxylation sites is 3. The Morgan fingerprint density at radius 3 is 2.65 bits per heavy atom. The molecule has 0 unspecified atom stereocenters. The fraction of sp³-hybridized carbons (Fsp3) is 0.111. The van der Waals surface area contributed by atoms with Gasteiger partial charge in [-0.3, -0.25) is 9.20 Å². The molecule has 1 amide bonds. The minimum atomic E-state index is -0.0867. The Morgan fingerprint density at radius 2 is 1.83 bits per heavy atom. The van der Waals surface area contributed by atoms with Crippen LogP contribution in [0.1, 0.15) is 20.9 Å². The van der Waals surface area contributed by atoms with E-state index in [9.17, 15) is 4.79 Å². The highest BCUT2D eigenvalue weighted by atomic mass is 32.1. The van der Waals surface area contributed by atoms with Crippen LogP contribution < -0.4 is 5.32 Å². The average Bonchev–Trinajstić information content (AvgIpc) is 3.06. The number of aromatic nitrogens is 2. The molecule has 4 rings (SSSR count). The van der Waals surface area contributed by atoms with Gasteiger partial charge in [0.25, 0.3) is 5.91 Å². The summed E-state index contributed by atoms with van der Waals surface area (Å²) < 4.78 is 2.05. The number of fused-ring (bicyclic) bond motifs is 3. The third-order valence-corrected chi connectivity index (χ3v) is 5.13. The number of thiazole rings is 1. The number of hydrogen-bond donors (Lipinski definition) is 1. The monoisotopic (exact) mass is 321 g/mol. The van der Waals surface area contributed by atoms with E-state index in [2.05, 4.69) is 10.3 Å². The van der Waals surface area contributed by atoms with Gasteiger partial charge in [0.2, 0.25) is 0 Å². The number of hydrogen-bond acceptors (Lipinski definition) is 3. The highest BCUT2D eigenvalue weighted by Gasteiger charge is 2.19. The smallest absolute Gasteiger partial charge is 0.267 e. The predicted molar refractivity (Wildman–Crippen MR) is 94.4 cm³/mol. The molecular weight excluding hydrogens is 306 g/mol. The molecule has 0 fully saturated rings. The molecule has 0 aliphatic rings. The van der Waals surface area contributed by atoms with Gasteiger partial charge in [0, 0.05) is 11.4 Å². The van der Waals surface area contributed by atoms with E-state index in [1.54, 1.807) is 0 Å². The summed E-state index contributed by atoms with van der Waals surface area (Å²) in [6.07, 6.45) is 0. The standard InChI is InChI=1S/C18H15N3OS/c1-11-7-3-4-8-13(11)19-17(22)16-12(2)21-15-10-6-5-9-14(15)20-18(21)23-16/h3-10H,1-2H3,(H,19,22). The molecule has 5 heteroatoms. The largest absolute Gasteiger partial charge is 0.321 e. The summed E-state index contributed by atoms with van der Waals surface area (Å²) >= 11 is 1.42. The zero-order chi connectivity index (χ0) is 16.0. The van der Waals surface area contributed by atoms with E-state index in [0.717, 1.165) is 32.9 Å². The number of anilines is 1. The molecule has 1 N–H and O–H groups in total. The van der Waals surface area contributed by atoms with Crippen molar-refractivity contribution in [1.82, 2.24) is 9.38 Å². The van der Waals surface area contributed by atoms with E-state index in [0.29, 0.717) is 4.88 Å². The van der Waals surface area contributed by atoms with E-state index in [1.807, 2.05) is 66.8 Å². The summed E-state index contributed by atoms with van der Waals surface area (Å²) in [4.78, 5) is 18.8. The zero-order valence-electron chi connectivity index (χ0n) is 12.8. The molecule has 0 bridgehead atoms. The number of aryl methyl sites for hydroxylation is 2. The first kappa shape index (κ1) is 14.0. The van der Waals surface area contributed by atoms with Gasteiger partial charge in [-0.1, -0.05) is 41.7 Å². The number of nitrogens with one attached hydrogen (secondary N) is 1. The van der Waals surface area contributed by atoms with Crippen molar-refractivity contribution in [1.29, 1.82) is 0 Å². The minimum absolute atomic E-state index is 0.0867. The van der Waals surface area contributed by atoms with Crippen molar-refractivity contribution in [3.63, 3.8) is 0 Å². The van der Waals surface area contributed by atoms with Gasteiger partial charge in [0.15, 0.2) is 4.96 Å². The summed E-state index contributed by atoms with van der Waals surface area (Å²) in [5.41, 5.74) is 4.79. The van der Waals surface area contributed by atoms with Crippen LogP contribution in [0.2, 0.25) is 0 Å². The Labute approximate surface area is 137 Å². The number of amides is 1. The third kappa shape index (κ3) is 2.21. The van der Waals surface area contributed by atoms with Crippen molar-refractivity contribution in [2.24, 2.45) is 0 Å². The van der Waals surface area contributed by atoms with Crippen LogP contribution >= 0.6 is 11.3 Å². The number of benzene rings is 2. The van der Waals surface area contributed by atoms with E-state index in [-0.39, 0.29) is 5.91 Å². The Bertz CT molecular complexity index is 1040. The van der Waals surface area contributed by atoms with Crippen LogP contribution in [-0.4, -0.2) is 15.3 Å².